The first-order valence-electron chi connectivity index (χ1n) is 20.2. The lowest BCUT2D eigenvalue weighted by atomic mass is 9.95. The van der Waals surface area contributed by atoms with Crippen LogP contribution in [0.1, 0.15) is 22.9 Å². The van der Waals surface area contributed by atoms with Crippen LogP contribution in [0.15, 0.2) is 188 Å². The van der Waals surface area contributed by atoms with E-state index < -0.39 is 6.17 Å². The molecule has 0 spiro atoms. The third-order valence-corrected chi connectivity index (χ3v) is 12.8. The van der Waals surface area contributed by atoms with Crippen LogP contribution < -0.4 is 5.73 Å². The number of nitrogens with two attached hydrogens (primary N) is 1. The van der Waals surface area contributed by atoms with Crippen molar-refractivity contribution in [2.45, 2.75) is 6.17 Å². The second-order valence-corrected chi connectivity index (χ2v) is 15.8. The Labute approximate surface area is 338 Å². The molecule has 9 aromatic carbocycles. The van der Waals surface area contributed by atoms with E-state index in [4.69, 9.17) is 5.73 Å². The van der Waals surface area contributed by atoms with Gasteiger partial charge in [-0.15, -0.1) is 0 Å². The number of fused-ring (bicyclic) bond motifs is 15. The van der Waals surface area contributed by atoms with Crippen LogP contribution in [0.4, 0.5) is 0 Å². The Bertz CT molecular complexity index is 3880. The number of benzene rings is 9. The van der Waals surface area contributed by atoms with Crippen molar-refractivity contribution in [2.75, 3.05) is 0 Å². The van der Waals surface area contributed by atoms with E-state index in [1.165, 1.54) is 59.6 Å². The van der Waals surface area contributed by atoms with Gasteiger partial charge in [-0.25, -0.2) is 0 Å². The summed E-state index contributed by atoms with van der Waals surface area (Å²) in [6.07, 6.45) is -0.580. The lowest BCUT2D eigenvalue weighted by Gasteiger charge is -2.21. The monoisotopic (exact) mass is 753 g/mol. The SMILES string of the molecule is N=C(c1ccc2c(c1)c1ccccc1n2-c1ccccc1)c1ccccc1C(N)n1c2ccccc2c2c3c4c5ccccc5ccc4n4c5ccccc5c(cc21)c34. The molecule has 0 saturated carbocycles. The Kier molecular flexibility index (Phi) is 6.53. The van der Waals surface area contributed by atoms with Crippen molar-refractivity contribution >= 4 is 98.2 Å². The van der Waals surface area contributed by atoms with E-state index in [1.54, 1.807) is 0 Å². The van der Waals surface area contributed by atoms with E-state index in [-0.39, 0.29) is 0 Å². The molecular weight excluding hydrogens is 719 g/mol. The summed E-state index contributed by atoms with van der Waals surface area (Å²) in [4.78, 5) is 0. The molecule has 0 amide bonds. The van der Waals surface area contributed by atoms with Gasteiger partial charge in [0.1, 0.15) is 6.17 Å². The van der Waals surface area contributed by atoms with Crippen molar-refractivity contribution in [3.05, 3.63) is 205 Å². The minimum atomic E-state index is -0.580. The highest BCUT2D eigenvalue weighted by Crippen LogP contribution is 2.48. The van der Waals surface area contributed by atoms with Crippen molar-refractivity contribution in [3.8, 4) is 5.69 Å². The van der Waals surface area contributed by atoms with Crippen molar-refractivity contribution in [1.29, 1.82) is 5.41 Å². The van der Waals surface area contributed by atoms with E-state index in [0.29, 0.717) is 5.71 Å². The number of hydrogen-bond donors (Lipinski definition) is 2. The second-order valence-electron chi connectivity index (χ2n) is 15.8. The lowest BCUT2D eigenvalue weighted by molar-refractivity contribution is 0.651. The van der Waals surface area contributed by atoms with E-state index in [0.717, 1.165) is 55.2 Å². The molecule has 4 heterocycles. The molecule has 0 aliphatic rings. The molecule has 13 aromatic rings. The van der Waals surface area contributed by atoms with Crippen LogP contribution in [-0.4, -0.2) is 19.2 Å². The van der Waals surface area contributed by atoms with Gasteiger partial charge >= 0.3 is 0 Å². The van der Waals surface area contributed by atoms with Gasteiger partial charge in [-0.2, -0.15) is 0 Å². The van der Waals surface area contributed by atoms with Gasteiger partial charge in [0, 0.05) is 59.9 Å². The highest BCUT2D eigenvalue weighted by molar-refractivity contribution is 6.38. The molecule has 1 unspecified atom stereocenters. The maximum Gasteiger partial charge on any atom is 0.109 e. The molecule has 59 heavy (non-hydrogen) atoms. The summed E-state index contributed by atoms with van der Waals surface area (Å²) in [5, 5.41) is 21.9. The van der Waals surface area contributed by atoms with Gasteiger partial charge < -0.3 is 19.3 Å². The maximum atomic E-state index is 9.84. The quantitative estimate of drug-likeness (QED) is 0.169. The van der Waals surface area contributed by atoms with Gasteiger partial charge in [-0.05, 0) is 70.9 Å². The third kappa shape index (κ3) is 4.29. The fourth-order valence-electron chi connectivity index (χ4n) is 10.4. The predicted octanol–water partition coefficient (Wildman–Crippen LogP) is 13.1. The lowest BCUT2D eigenvalue weighted by Crippen LogP contribution is -2.22. The molecule has 0 aliphatic carbocycles. The number of nitrogens with one attached hydrogen (secondary N) is 1. The van der Waals surface area contributed by atoms with Gasteiger partial charge in [-0.1, -0.05) is 133 Å². The van der Waals surface area contributed by atoms with Gasteiger partial charge in [0.05, 0.1) is 44.3 Å². The van der Waals surface area contributed by atoms with Crippen LogP contribution in [0.3, 0.4) is 0 Å². The zero-order valence-corrected chi connectivity index (χ0v) is 31.9. The summed E-state index contributed by atoms with van der Waals surface area (Å²) in [6, 6.07) is 66.8. The molecule has 1 atom stereocenters. The number of hydrogen-bond acceptors (Lipinski definition) is 2. The normalized spacial score (nSPS) is 12.8. The summed E-state index contributed by atoms with van der Waals surface area (Å²) < 4.78 is 7.10. The summed E-state index contributed by atoms with van der Waals surface area (Å²) >= 11 is 0. The molecule has 3 N–H and O–H groups in total. The zero-order valence-electron chi connectivity index (χ0n) is 31.9. The summed E-state index contributed by atoms with van der Waals surface area (Å²) in [5.41, 5.74) is 19.8. The maximum absolute atomic E-state index is 9.84. The van der Waals surface area contributed by atoms with Crippen LogP contribution in [0.25, 0.3) is 98.2 Å². The van der Waals surface area contributed by atoms with Crippen LogP contribution >= 0.6 is 0 Å². The minimum absolute atomic E-state index is 0.444. The molecule has 0 saturated heterocycles. The molecule has 0 aliphatic heterocycles. The number of para-hydroxylation sites is 4. The van der Waals surface area contributed by atoms with Crippen LogP contribution in [0.5, 0.6) is 0 Å². The first-order valence-corrected chi connectivity index (χ1v) is 20.2. The zero-order chi connectivity index (χ0) is 38.9. The second kappa shape index (κ2) is 11.9. The molecule has 0 bridgehead atoms. The molecular formula is C54H35N5. The molecule has 4 aromatic heterocycles. The van der Waals surface area contributed by atoms with Crippen LogP contribution in [0.2, 0.25) is 0 Å². The first kappa shape index (κ1) is 32.4. The summed E-state index contributed by atoms with van der Waals surface area (Å²) in [6.45, 7) is 0. The Morgan fingerprint density at radius 2 is 1.05 bits per heavy atom. The van der Waals surface area contributed by atoms with Gasteiger partial charge in [0.25, 0.3) is 0 Å². The van der Waals surface area contributed by atoms with E-state index >= 15 is 0 Å². The smallest absolute Gasteiger partial charge is 0.109 e. The third-order valence-electron chi connectivity index (χ3n) is 12.8. The standard InChI is InChI=1S/C54H35N5/c55-52(33-27-28-46-41(30-33)36-18-8-11-23-43(36)57(46)34-15-2-1-3-16-34)38-20-6-7-21-39(38)54(56)59-45-25-13-10-22-40(45)50-48(59)31-42-37-19-9-12-24-44(37)58-47-29-26-32-14-4-5-17-35(32)49(47)51(50)53(42)58/h1-31,54-55H,56H2. The summed E-state index contributed by atoms with van der Waals surface area (Å²) in [7, 11) is 0. The first-order chi connectivity index (χ1) is 29.2. The predicted molar refractivity (Wildman–Crippen MR) is 247 cm³/mol. The molecule has 5 nitrogen and oxygen atoms in total. The van der Waals surface area contributed by atoms with E-state index in [2.05, 4.69) is 183 Å². The Hall–Kier alpha value is -7.73. The fourth-order valence-corrected chi connectivity index (χ4v) is 10.4. The minimum Gasteiger partial charge on any atom is -0.320 e. The highest BCUT2D eigenvalue weighted by atomic mass is 15.1. The number of nitrogens with zero attached hydrogens (tertiary/aromatic N) is 3. The average Bonchev–Trinajstić information content (AvgIpc) is 4.02. The Morgan fingerprint density at radius 1 is 0.441 bits per heavy atom. The van der Waals surface area contributed by atoms with Crippen molar-refractivity contribution in [1.82, 2.24) is 13.5 Å². The van der Waals surface area contributed by atoms with E-state index in [9.17, 15) is 5.41 Å². The number of rotatable bonds is 5. The fraction of sp³-hybridized carbons (Fsp3) is 0.0185. The molecule has 276 valence electrons. The van der Waals surface area contributed by atoms with Gasteiger partial charge in [-0.3, -0.25) is 5.41 Å². The van der Waals surface area contributed by atoms with Crippen molar-refractivity contribution < 1.29 is 0 Å². The molecule has 5 heteroatoms. The largest absolute Gasteiger partial charge is 0.320 e. The molecule has 0 fully saturated rings. The average molecular weight is 754 g/mol. The van der Waals surface area contributed by atoms with Crippen molar-refractivity contribution in [3.63, 3.8) is 0 Å². The Balaban J connectivity index is 1.05. The van der Waals surface area contributed by atoms with Gasteiger partial charge in [0.15, 0.2) is 0 Å². The van der Waals surface area contributed by atoms with Crippen molar-refractivity contribution in [2.24, 2.45) is 5.73 Å². The van der Waals surface area contributed by atoms with Crippen LogP contribution in [0, 0.1) is 5.41 Å². The van der Waals surface area contributed by atoms with Crippen LogP contribution in [-0.2, 0) is 0 Å². The van der Waals surface area contributed by atoms with E-state index in [1.807, 2.05) is 18.2 Å². The topological polar surface area (TPSA) is 64.1 Å². The Morgan fingerprint density at radius 3 is 1.88 bits per heavy atom. The molecule has 13 rings (SSSR count). The summed E-state index contributed by atoms with van der Waals surface area (Å²) in [5.74, 6) is 0. The highest BCUT2D eigenvalue weighted by Gasteiger charge is 2.27. The number of aromatic nitrogens is 3. The molecule has 0 radical (unpaired) electrons. The van der Waals surface area contributed by atoms with Gasteiger partial charge in [0.2, 0.25) is 0 Å².